The van der Waals surface area contributed by atoms with Crippen molar-refractivity contribution in [1.82, 2.24) is 10.1 Å². The van der Waals surface area contributed by atoms with Crippen LogP contribution in [0.3, 0.4) is 0 Å². The predicted octanol–water partition coefficient (Wildman–Crippen LogP) is 3.61. The zero-order chi connectivity index (χ0) is 18.9. The van der Waals surface area contributed by atoms with Gasteiger partial charge in [-0.25, -0.2) is 0 Å². The van der Waals surface area contributed by atoms with E-state index in [4.69, 9.17) is 30.7 Å². The number of carboxylic acid groups (broad SMARTS) is 1. The molecule has 144 valence electrons. The summed E-state index contributed by atoms with van der Waals surface area (Å²) in [5, 5.41) is 13.8. The van der Waals surface area contributed by atoms with Crippen LogP contribution in [0, 0.1) is 5.41 Å². The van der Waals surface area contributed by atoms with Crippen molar-refractivity contribution in [2.75, 3.05) is 13.2 Å². The van der Waals surface area contributed by atoms with E-state index in [1.165, 1.54) is 12.8 Å². The minimum absolute atomic E-state index is 0.175. The molecule has 1 N–H and O–H groups in total. The van der Waals surface area contributed by atoms with E-state index in [1.54, 1.807) is 24.3 Å². The number of rotatable bonds is 5. The molecule has 1 aromatic heterocycles. The van der Waals surface area contributed by atoms with Crippen LogP contribution < -0.4 is 4.74 Å². The molecule has 8 heteroatoms. The van der Waals surface area contributed by atoms with E-state index in [9.17, 15) is 4.79 Å². The summed E-state index contributed by atoms with van der Waals surface area (Å²) in [7, 11) is 0. The van der Waals surface area contributed by atoms with Gasteiger partial charge in [0.1, 0.15) is 5.75 Å². The molecule has 0 amide bonds. The van der Waals surface area contributed by atoms with E-state index in [1.807, 2.05) is 0 Å². The first-order chi connectivity index (χ1) is 13.0. The summed E-state index contributed by atoms with van der Waals surface area (Å²) in [6.45, 7) is 2.18. The van der Waals surface area contributed by atoms with Gasteiger partial charge in [0.15, 0.2) is 12.4 Å². The Bertz CT molecular complexity index is 788. The maximum Gasteiger partial charge on any atom is 0.309 e. The molecular weight excluding hydrogens is 372 g/mol. The number of aromatic nitrogens is 2. The van der Waals surface area contributed by atoms with Gasteiger partial charge in [-0.05, 0) is 56.4 Å². The molecule has 2 heterocycles. The van der Waals surface area contributed by atoms with Crippen molar-refractivity contribution in [3.05, 3.63) is 41.0 Å². The topological polar surface area (TPSA) is 94.7 Å². The molecule has 27 heavy (non-hydrogen) atoms. The highest BCUT2D eigenvalue weighted by Crippen LogP contribution is 2.73. The summed E-state index contributed by atoms with van der Waals surface area (Å²) >= 11 is 5.80. The molecule has 0 spiro atoms. The zero-order valence-corrected chi connectivity index (χ0v) is 15.6. The van der Waals surface area contributed by atoms with Crippen molar-refractivity contribution in [3.63, 3.8) is 0 Å². The number of ether oxygens (including phenoxy) is 2. The summed E-state index contributed by atoms with van der Waals surface area (Å²) in [6, 6.07) is 7.00. The van der Waals surface area contributed by atoms with E-state index in [2.05, 4.69) is 10.1 Å². The first-order valence-electron chi connectivity index (χ1n) is 9.04. The number of halogens is 1. The lowest BCUT2D eigenvalue weighted by atomic mass is 9.35. The molecule has 0 unspecified atom stereocenters. The van der Waals surface area contributed by atoms with Gasteiger partial charge in [-0.2, -0.15) is 4.98 Å². The van der Waals surface area contributed by atoms with Gasteiger partial charge >= 0.3 is 5.97 Å². The molecule has 0 radical (unpaired) electrons. The van der Waals surface area contributed by atoms with Crippen molar-refractivity contribution in [2.45, 2.75) is 44.1 Å². The Hall–Kier alpha value is -2.12. The van der Waals surface area contributed by atoms with Gasteiger partial charge in [-0.15, -0.1) is 0 Å². The SMILES string of the molecule is C1CCOC1.O=C(O)C12CC(c3noc(COc4ccc(Cl)cc4)n3)(C1)C2. The molecule has 0 atom stereocenters. The van der Waals surface area contributed by atoms with Gasteiger partial charge in [0.2, 0.25) is 0 Å². The molecule has 1 aromatic carbocycles. The molecule has 1 aliphatic heterocycles. The first-order valence-corrected chi connectivity index (χ1v) is 9.42. The number of benzene rings is 1. The molecule has 6 rings (SSSR count). The quantitative estimate of drug-likeness (QED) is 0.830. The molecular formula is C19H21ClN2O5. The summed E-state index contributed by atoms with van der Waals surface area (Å²) < 4.78 is 15.7. The number of carboxylic acids is 1. The lowest BCUT2D eigenvalue weighted by molar-refractivity contribution is -0.196. The van der Waals surface area contributed by atoms with Gasteiger partial charge in [0.25, 0.3) is 5.89 Å². The van der Waals surface area contributed by atoms with E-state index >= 15 is 0 Å². The van der Waals surface area contributed by atoms with E-state index < -0.39 is 11.4 Å². The predicted molar refractivity (Wildman–Crippen MR) is 95.7 cm³/mol. The molecule has 1 saturated heterocycles. The summed E-state index contributed by atoms with van der Waals surface area (Å²) in [6.07, 6.45) is 4.37. The molecule has 7 nitrogen and oxygen atoms in total. The smallest absolute Gasteiger partial charge is 0.309 e. The third-order valence-electron chi connectivity index (χ3n) is 5.43. The number of hydrogen-bond donors (Lipinski definition) is 1. The second-order valence-electron chi connectivity index (χ2n) is 7.47. The second kappa shape index (κ2) is 7.13. The summed E-state index contributed by atoms with van der Waals surface area (Å²) in [5.74, 6) is 0.938. The number of carbonyl (C=O) groups is 1. The Balaban J connectivity index is 0.000000314. The Kier molecular flexibility index (Phi) is 4.82. The van der Waals surface area contributed by atoms with Crippen LogP contribution in [0.1, 0.15) is 43.8 Å². The zero-order valence-electron chi connectivity index (χ0n) is 14.8. The largest absolute Gasteiger partial charge is 0.484 e. The molecule has 2 aromatic rings. The number of aliphatic carboxylic acids is 1. The molecule has 4 aliphatic rings. The van der Waals surface area contributed by atoms with Crippen LogP contribution in [-0.4, -0.2) is 34.4 Å². The van der Waals surface area contributed by atoms with Crippen LogP contribution >= 0.6 is 11.6 Å². The average molecular weight is 393 g/mol. The van der Waals surface area contributed by atoms with E-state index in [0.717, 1.165) is 13.2 Å². The summed E-state index contributed by atoms with van der Waals surface area (Å²) in [5.41, 5.74) is -0.735. The van der Waals surface area contributed by atoms with Crippen molar-refractivity contribution in [1.29, 1.82) is 0 Å². The molecule has 3 saturated carbocycles. The highest BCUT2D eigenvalue weighted by atomic mass is 35.5. The fourth-order valence-electron chi connectivity index (χ4n) is 3.97. The van der Waals surface area contributed by atoms with Crippen LogP contribution in [0.5, 0.6) is 5.75 Å². The highest BCUT2D eigenvalue weighted by Gasteiger charge is 2.74. The van der Waals surface area contributed by atoms with Crippen LogP contribution in [-0.2, 0) is 21.6 Å². The Morgan fingerprint density at radius 3 is 2.41 bits per heavy atom. The van der Waals surface area contributed by atoms with Gasteiger partial charge in [0.05, 0.1) is 5.41 Å². The van der Waals surface area contributed by atoms with Crippen LogP contribution in [0.25, 0.3) is 0 Å². The third kappa shape index (κ3) is 3.53. The van der Waals surface area contributed by atoms with Crippen LogP contribution in [0.2, 0.25) is 5.02 Å². The Labute approximate surface area is 161 Å². The monoisotopic (exact) mass is 392 g/mol. The van der Waals surface area contributed by atoms with Gasteiger partial charge in [0, 0.05) is 23.7 Å². The lowest BCUT2D eigenvalue weighted by Crippen LogP contribution is -2.68. The Morgan fingerprint density at radius 2 is 1.85 bits per heavy atom. The van der Waals surface area contributed by atoms with Gasteiger partial charge in [-0.1, -0.05) is 16.8 Å². The summed E-state index contributed by atoms with van der Waals surface area (Å²) in [4.78, 5) is 15.5. The fourth-order valence-corrected chi connectivity index (χ4v) is 4.09. The van der Waals surface area contributed by atoms with Crippen molar-refractivity contribution < 1.29 is 23.9 Å². The van der Waals surface area contributed by atoms with Crippen molar-refractivity contribution >= 4 is 17.6 Å². The van der Waals surface area contributed by atoms with Crippen molar-refractivity contribution in [2.24, 2.45) is 5.41 Å². The maximum atomic E-state index is 11.1. The fraction of sp³-hybridized carbons (Fsp3) is 0.526. The third-order valence-corrected chi connectivity index (χ3v) is 5.68. The van der Waals surface area contributed by atoms with Crippen molar-refractivity contribution in [3.8, 4) is 5.75 Å². The molecule has 4 fully saturated rings. The average Bonchev–Trinajstić information content (AvgIpc) is 3.27. The minimum atomic E-state index is -0.718. The first kappa shape index (κ1) is 18.3. The number of hydrogen-bond acceptors (Lipinski definition) is 6. The normalized spacial score (nSPS) is 27.7. The van der Waals surface area contributed by atoms with E-state index in [-0.39, 0.29) is 12.0 Å². The van der Waals surface area contributed by atoms with Gasteiger partial charge in [-0.3, -0.25) is 4.79 Å². The van der Waals surface area contributed by atoms with E-state index in [0.29, 0.717) is 41.7 Å². The maximum absolute atomic E-state index is 11.1. The standard InChI is InChI=1S/C15H13ClN2O4.C4H8O/c16-9-1-3-10(4-2-9)21-5-11-17-12(18-22-11)14-6-15(7-14,8-14)13(19)20;1-2-4-5-3-1/h1-4H,5-8H2,(H,19,20);1-4H2. The van der Waals surface area contributed by atoms with Crippen LogP contribution in [0.4, 0.5) is 0 Å². The molecule has 3 aliphatic carbocycles. The van der Waals surface area contributed by atoms with Gasteiger partial charge < -0.3 is 19.1 Å². The lowest BCUT2D eigenvalue weighted by Gasteiger charge is -2.66. The van der Waals surface area contributed by atoms with Crippen LogP contribution in [0.15, 0.2) is 28.8 Å². The number of nitrogens with zero attached hydrogens (tertiary/aromatic N) is 2. The minimum Gasteiger partial charge on any atom is -0.484 e. The second-order valence-corrected chi connectivity index (χ2v) is 7.91. The molecule has 2 bridgehead atoms. The highest BCUT2D eigenvalue weighted by molar-refractivity contribution is 6.30. The Morgan fingerprint density at radius 1 is 1.19 bits per heavy atom.